The molecule has 6 heteroatoms. The van der Waals surface area contributed by atoms with Crippen LogP contribution in [0.3, 0.4) is 0 Å². The third-order valence-electron chi connectivity index (χ3n) is 1.43. The van der Waals surface area contributed by atoms with E-state index in [1.807, 2.05) is 0 Å². The molecule has 0 atom stereocenters. The third-order valence-corrected chi connectivity index (χ3v) is 1.43. The van der Waals surface area contributed by atoms with Gasteiger partial charge in [-0.1, -0.05) is 0 Å². The zero-order valence-corrected chi connectivity index (χ0v) is 8.07. The van der Waals surface area contributed by atoms with E-state index in [-0.39, 0.29) is 30.7 Å². The van der Waals surface area contributed by atoms with Crippen molar-refractivity contribution in [1.29, 1.82) is 0 Å². The second-order valence-corrected chi connectivity index (χ2v) is 2.47. The molecule has 0 fully saturated rings. The molecular formula is C8H12N2O4. The second-order valence-electron chi connectivity index (χ2n) is 2.47. The van der Waals surface area contributed by atoms with Crippen LogP contribution in [0.4, 0.5) is 5.88 Å². The lowest BCUT2D eigenvalue weighted by Crippen LogP contribution is -2.07. The Morgan fingerprint density at radius 1 is 1.64 bits per heavy atom. The van der Waals surface area contributed by atoms with Gasteiger partial charge in [-0.15, -0.1) is 0 Å². The summed E-state index contributed by atoms with van der Waals surface area (Å²) in [6.07, 6.45) is 0. The van der Waals surface area contributed by atoms with Crippen molar-refractivity contribution >= 4 is 11.9 Å². The van der Waals surface area contributed by atoms with Gasteiger partial charge < -0.3 is 19.6 Å². The molecule has 0 amide bonds. The van der Waals surface area contributed by atoms with Crippen LogP contribution in [-0.2, 0) is 16.1 Å². The zero-order chi connectivity index (χ0) is 10.6. The highest BCUT2D eigenvalue weighted by Gasteiger charge is 2.18. The predicted molar refractivity (Wildman–Crippen MR) is 47.6 cm³/mol. The average molecular weight is 200 g/mol. The molecule has 0 radical (unpaired) electrons. The molecule has 1 rings (SSSR count). The fraction of sp³-hybridized carbons (Fsp3) is 0.500. The van der Waals surface area contributed by atoms with Gasteiger partial charge in [0.15, 0.2) is 0 Å². The fourth-order valence-corrected chi connectivity index (χ4v) is 0.909. The first kappa shape index (κ1) is 10.5. The van der Waals surface area contributed by atoms with E-state index in [1.54, 1.807) is 6.92 Å². The topological polar surface area (TPSA) is 87.6 Å². The summed E-state index contributed by atoms with van der Waals surface area (Å²) >= 11 is 0. The van der Waals surface area contributed by atoms with Crippen LogP contribution < -0.4 is 5.73 Å². The molecule has 0 saturated heterocycles. The summed E-state index contributed by atoms with van der Waals surface area (Å²) in [4.78, 5) is 15.0. The van der Waals surface area contributed by atoms with Crippen LogP contribution >= 0.6 is 0 Å². The molecule has 2 N–H and O–H groups in total. The van der Waals surface area contributed by atoms with Crippen molar-refractivity contribution in [2.75, 3.05) is 19.5 Å². The number of esters is 1. The highest BCUT2D eigenvalue weighted by atomic mass is 16.5. The minimum atomic E-state index is -0.587. The second kappa shape index (κ2) is 4.61. The van der Waals surface area contributed by atoms with Gasteiger partial charge in [-0.3, -0.25) is 0 Å². The van der Waals surface area contributed by atoms with E-state index >= 15 is 0 Å². The number of nitrogen functional groups attached to an aromatic ring is 1. The summed E-state index contributed by atoms with van der Waals surface area (Å²) < 4.78 is 14.5. The normalized spacial score (nSPS) is 10.1. The molecule has 0 aliphatic heterocycles. The highest BCUT2D eigenvalue weighted by Crippen LogP contribution is 2.14. The van der Waals surface area contributed by atoms with E-state index in [1.165, 1.54) is 7.11 Å². The van der Waals surface area contributed by atoms with Gasteiger partial charge in [-0.05, 0) is 6.92 Å². The number of nitrogens with two attached hydrogens (primary N) is 1. The SMILES string of the molecule is CCOC(=O)c1nc(COC)oc1N. The Hall–Kier alpha value is -1.56. The quantitative estimate of drug-likeness (QED) is 0.715. The van der Waals surface area contributed by atoms with Gasteiger partial charge in [-0.2, -0.15) is 0 Å². The van der Waals surface area contributed by atoms with Gasteiger partial charge in [-0.25, -0.2) is 9.78 Å². The Labute approximate surface area is 81.0 Å². The maximum absolute atomic E-state index is 11.2. The predicted octanol–water partition coefficient (Wildman–Crippen LogP) is 0.580. The highest BCUT2D eigenvalue weighted by molar-refractivity contribution is 5.91. The standard InChI is InChI=1S/C8H12N2O4/c1-3-13-8(11)6-7(9)14-5(10-6)4-12-2/h3-4,9H2,1-2H3. The van der Waals surface area contributed by atoms with Crippen LogP contribution in [0.1, 0.15) is 23.3 Å². The van der Waals surface area contributed by atoms with E-state index in [0.29, 0.717) is 0 Å². The van der Waals surface area contributed by atoms with Crippen LogP contribution in [0.5, 0.6) is 0 Å². The molecule has 0 bridgehead atoms. The molecule has 14 heavy (non-hydrogen) atoms. The van der Waals surface area contributed by atoms with E-state index in [2.05, 4.69) is 4.98 Å². The summed E-state index contributed by atoms with van der Waals surface area (Å²) in [5, 5.41) is 0. The van der Waals surface area contributed by atoms with Crippen molar-refractivity contribution in [2.24, 2.45) is 0 Å². The van der Waals surface area contributed by atoms with Gasteiger partial charge in [0.1, 0.15) is 6.61 Å². The lowest BCUT2D eigenvalue weighted by molar-refractivity contribution is 0.0521. The molecule has 1 heterocycles. The number of ether oxygens (including phenoxy) is 2. The summed E-state index contributed by atoms with van der Waals surface area (Å²) in [7, 11) is 1.49. The molecule has 0 saturated carbocycles. The lowest BCUT2D eigenvalue weighted by Gasteiger charge is -1.96. The first-order valence-corrected chi connectivity index (χ1v) is 4.10. The van der Waals surface area contributed by atoms with Crippen LogP contribution in [-0.4, -0.2) is 24.7 Å². The number of hydrogen-bond donors (Lipinski definition) is 1. The number of oxazole rings is 1. The Balaban J connectivity index is 2.81. The Morgan fingerprint density at radius 2 is 2.36 bits per heavy atom. The minimum absolute atomic E-state index is 0.00102. The third kappa shape index (κ3) is 2.23. The molecule has 1 aromatic rings. The van der Waals surface area contributed by atoms with E-state index in [9.17, 15) is 4.79 Å². The van der Waals surface area contributed by atoms with Gasteiger partial charge >= 0.3 is 5.97 Å². The van der Waals surface area contributed by atoms with Crippen molar-refractivity contribution in [3.8, 4) is 0 Å². The molecule has 1 aromatic heterocycles. The van der Waals surface area contributed by atoms with Crippen molar-refractivity contribution in [3.63, 3.8) is 0 Å². The van der Waals surface area contributed by atoms with Gasteiger partial charge in [0.25, 0.3) is 0 Å². The number of aromatic nitrogens is 1. The van der Waals surface area contributed by atoms with Gasteiger partial charge in [0.05, 0.1) is 6.61 Å². The summed E-state index contributed by atoms with van der Waals surface area (Å²) in [6, 6.07) is 0. The first-order valence-electron chi connectivity index (χ1n) is 4.10. The average Bonchev–Trinajstić information content (AvgIpc) is 2.48. The van der Waals surface area contributed by atoms with Crippen LogP contribution in [0.25, 0.3) is 0 Å². The number of anilines is 1. The summed E-state index contributed by atoms with van der Waals surface area (Å²) in [5.41, 5.74) is 5.42. The molecule has 6 nitrogen and oxygen atoms in total. The van der Waals surface area contributed by atoms with Crippen molar-refractivity contribution in [2.45, 2.75) is 13.5 Å². The lowest BCUT2D eigenvalue weighted by atomic mass is 10.4. The number of hydrogen-bond acceptors (Lipinski definition) is 6. The van der Waals surface area contributed by atoms with Crippen LogP contribution in [0.2, 0.25) is 0 Å². The Morgan fingerprint density at radius 3 is 2.93 bits per heavy atom. The Kier molecular flexibility index (Phi) is 3.47. The van der Waals surface area contributed by atoms with Crippen LogP contribution in [0.15, 0.2) is 4.42 Å². The smallest absolute Gasteiger partial charge is 0.362 e. The number of carbonyl (C=O) groups excluding carboxylic acids is 1. The minimum Gasteiger partial charge on any atom is -0.461 e. The fourth-order valence-electron chi connectivity index (χ4n) is 0.909. The maximum atomic E-state index is 11.2. The van der Waals surface area contributed by atoms with E-state index in [4.69, 9.17) is 19.6 Å². The molecule has 78 valence electrons. The molecule has 0 unspecified atom stereocenters. The number of nitrogens with zero attached hydrogens (tertiary/aromatic N) is 1. The van der Waals surface area contributed by atoms with E-state index < -0.39 is 5.97 Å². The number of methoxy groups -OCH3 is 1. The van der Waals surface area contributed by atoms with Crippen molar-refractivity contribution in [3.05, 3.63) is 11.6 Å². The Bertz CT molecular complexity index is 321. The summed E-state index contributed by atoms with van der Waals surface area (Å²) in [6.45, 7) is 2.14. The van der Waals surface area contributed by atoms with E-state index in [0.717, 1.165) is 0 Å². The zero-order valence-electron chi connectivity index (χ0n) is 8.07. The monoisotopic (exact) mass is 200 g/mol. The molecule has 0 aliphatic rings. The molecule has 0 spiro atoms. The van der Waals surface area contributed by atoms with Crippen molar-refractivity contribution in [1.82, 2.24) is 4.98 Å². The number of carbonyl (C=O) groups is 1. The largest absolute Gasteiger partial charge is 0.461 e. The number of rotatable bonds is 4. The molecule has 0 aliphatic carbocycles. The molecule has 0 aromatic carbocycles. The van der Waals surface area contributed by atoms with Gasteiger partial charge in [0, 0.05) is 7.11 Å². The first-order chi connectivity index (χ1) is 6.69. The maximum Gasteiger partial charge on any atom is 0.362 e. The van der Waals surface area contributed by atoms with Gasteiger partial charge in [0.2, 0.25) is 17.5 Å². The molecular weight excluding hydrogens is 188 g/mol. The summed E-state index contributed by atoms with van der Waals surface area (Å²) in [5.74, 6) is -0.375. The van der Waals surface area contributed by atoms with Crippen molar-refractivity contribution < 1.29 is 18.7 Å². The van der Waals surface area contributed by atoms with Crippen LogP contribution in [0, 0.1) is 0 Å².